The van der Waals surface area contributed by atoms with Gasteiger partial charge in [-0.1, -0.05) is 31.4 Å². The molecule has 1 aromatic carbocycles. The lowest BCUT2D eigenvalue weighted by atomic mass is 9.83. The van der Waals surface area contributed by atoms with E-state index in [4.69, 9.17) is 10.6 Å². The van der Waals surface area contributed by atoms with E-state index < -0.39 is 0 Å². The topological polar surface area (TPSA) is 38.5 Å². The Bertz CT molecular complexity index is 388. The molecule has 0 bridgehead atoms. The fraction of sp³-hybridized carbons (Fsp3) is 0.571. The summed E-state index contributed by atoms with van der Waals surface area (Å²) < 4.78 is 5.84. The zero-order valence-corrected chi connectivity index (χ0v) is 10.1. The minimum Gasteiger partial charge on any atom is -0.489 e. The maximum Gasteiger partial charge on any atom is 0.144 e. The van der Waals surface area contributed by atoms with Crippen LogP contribution in [0.1, 0.15) is 32.1 Å². The summed E-state index contributed by atoms with van der Waals surface area (Å²) >= 11 is 0. The van der Waals surface area contributed by atoms with E-state index >= 15 is 0 Å². The highest BCUT2D eigenvalue weighted by molar-refractivity contribution is 5.59. The summed E-state index contributed by atoms with van der Waals surface area (Å²) in [6.45, 7) is 0.734. The van der Waals surface area contributed by atoms with Gasteiger partial charge in [0.2, 0.25) is 0 Å². The molecular formula is C14H20N2O. The normalized spacial score (nSPS) is 25.2. The van der Waals surface area contributed by atoms with Crippen LogP contribution in [0.4, 0.5) is 5.69 Å². The zero-order chi connectivity index (χ0) is 11.7. The van der Waals surface area contributed by atoms with Crippen molar-refractivity contribution in [3.8, 4) is 5.75 Å². The Morgan fingerprint density at radius 3 is 2.71 bits per heavy atom. The number of nitrogens with zero attached hydrogens (tertiary/aromatic N) is 1. The summed E-state index contributed by atoms with van der Waals surface area (Å²) in [5, 5.41) is 1.94. The SMILES string of the molecule is NN1c2ccccc2OC[C@H]1C1CCCCC1. The van der Waals surface area contributed by atoms with E-state index in [1.54, 1.807) is 0 Å². The van der Waals surface area contributed by atoms with Crippen LogP contribution >= 0.6 is 0 Å². The van der Waals surface area contributed by atoms with Crippen molar-refractivity contribution in [3.05, 3.63) is 24.3 Å². The number of rotatable bonds is 1. The first-order chi connectivity index (χ1) is 8.36. The molecule has 0 amide bonds. The number of anilines is 1. The summed E-state index contributed by atoms with van der Waals surface area (Å²) in [5.74, 6) is 7.89. The molecule has 92 valence electrons. The number of hydrogen-bond acceptors (Lipinski definition) is 3. The van der Waals surface area contributed by atoms with E-state index in [0.29, 0.717) is 12.0 Å². The molecule has 3 heteroatoms. The minimum absolute atomic E-state index is 0.352. The molecule has 17 heavy (non-hydrogen) atoms. The second-order valence-electron chi connectivity index (χ2n) is 5.15. The van der Waals surface area contributed by atoms with Crippen molar-refractivity contribution >= 4 is 5.69 Å². The van der Waals surface area contributed by atoms with Gasteiger partial charge in [0.1, 0.15) is 12.4 Å². The molecule has 2 N–H and O–H groups in total. The summed E-state index contributed by atoms with van der Waals surface area (Å²) in [6, 6.07) is 8.40. The standard InChI is InChI=1S/C14H20N2O/c15-16-12-8-4-5-9-14(12)17-10-13(16)11-6-2-1-3-7-11/h4-5,8-9,11,13H,1-3,6-7,10,15H2/t13-/m0/s1. The van der Waals surface area contributed by atoms with Crippen molar-refractivity contribution in [1.29, 1.82) is 0 Å². The molecule has 0 unspecified atom stereocenters. The molecular weight excluding hydrogens is 212 g/mol. The number of hydrogen-bond donors (Lipinski definition) is 1. The van der Waals surface area contributed by atoms with Gasteiger partial charge in [0.25, 0.3) is 0 Å². The zero-order valence-electron chi connectivity index (χ0n) is 10.1. The summed E-state index contributed by atoms with van der Waals surface area (Å²) in [5.41, 5.74) is 1.04. The van der Waals surface area contributed by atoms with Gasteiger partial charge >= 0.3 is 0 Å². The van der Waals surface area contributed by atoms with Crippen LogP contribution in [-0.4, -0.2) is 12.6 Å². The first-order valence-electron chi connectivity index (χ1n) is 6.62. The molecule has 1 aromatic rings. The Balaban J connectivity index is 1.81. The molecule has 1 saturated carbocycles. The highest BCUT2D eigenvalue weighted by atomic mass is 16.5. The number of fused-ring (bicyclic) bond motifs is 1. The lowest BCUT2D eigenvalue weighted by molar-refractivity contribution is 0.191. The van der Waals surface area contributed by atoms with Crippen LogP contribution in [0.3, 0.4) is 0 Å². The van der Waals surface area contributed by atoms with Crippen molar-refractivity contribution < 1.29 is 4.74 Å². The predicted molar refractivity (Wildman–Crippen MR) is 69.0 cm³/mol. The van der Waals surface area contributed by atoms with E-state index in [-0.39, 0.29) is 0 Å². The first-order valence-corrected chi connectivity index (χ1v) is 6.62. The van der Waals surface area contributed by atoms with Crippen molar-refractivity contribution in [2.24, 2.45) is 11.8 Å². The Kier molecular flexibility index (Phi) is 2.93. The van der Waals surface area contributed by atoms with Gasteiger partial charge in [0.05, 0.1) is 11.7 Å². The van der Waals surface area contributed by atoms with Gasteiger partial charge < -0.3 is 9.75 Å². The number of ether oxygens (including phenoxy) is 1. The number of hydrazine groups is 1. The molecule has 0 aromatic heterocycles. The maximum atomic E-state index is 6.27. The van der Waals surface area contributed by atoms with Gasteiger partial charge in [-0.15, -0.1) is 0 Å². The third kappa shape index (κ3) is 2.00. The van der Waals surface area contributed by atoms with Gasteiger partial charge in [-0.05, 0) is 30.9 Å². The van der Waals surface area contributed by atoms with Gasteiger partial charge in [0, 0.05) is 0 Å². The third-order valence-corrected chi connectivity index (χ3v) is 4.10. The Hall–Kier alpha value is -1.22. The highest BCUT2D eigenvalue weighted by Crippen LogP contribution is 2.37. The van der Waals surface area contributed by atoms with Crippen molar-refractivity contribution in [3.63, 3.8) is 0 Å². The molecule has 1 fully saturated rings. The Labute approximate surface area is 103 Å². The van der Waals surface area contributed by atoms with Crippen molar-refractivity contribution in [2.75, 3.05) is 11.6 Å². The molecule has 1 aliphatic heterocycles. The predicted octanol–water partition coefficient (Wildman–Crippen LogP) is 2.71. The first kappa shape index (κ1) is 10.9. The fourth-order valence-corrected chi connectivity index (χ4v) is 3.11. The van der Waals surface area contributed by atoms with E-state index in [1.165, 1.54) is 32.1 Å². The molecule has 0 spiro atoms. The van der Waals surface area contributed by atoms with Crippen LogP contribution in [-0.2, 0) is 0 Å². The molecule has 3 rings (SSSR count). The van der Waals surface area contributed by atoms with Crippen LogP contribution in [0.25, 0.3) is 0 Å². The van der Waals surface area contributed by atoms with Gasteiger partial charge in [0.15, 0.2) is 0 Å². The van der Waals surface area contributed by atoms with Crippen LogP contribution < -0.4 is 15.6 Å². The van der Waals surface area contributed by atoms with Crippen molar-refractivity contribution in [2.45, 2.75) is 38.1 Å². The summed E-state index contributed by atoms with van der Waals surface area (Å²) in [7, 11) is 0. The third-order valence-electron chi connectivity index (χ3n) is 4.10. The van der Waals surface area contributed by atoms with Crippen LogP contribution in [0.5, 0.6) is 5.75 Å². The van der Waals surface area contributed by atoms with Crippen LogP contribution in [0, 0.1) is 5.92 Å². The summed E-state index contributed by atoms with van der Waals surface area (Å²) in [6.07, 6.45) is 6.66. The van der Waals surface area contributed by atoms with Crippen LogP contribution in [0.15, 0.2) is 24.3 Å². The Morgan fingerprint density at radius 1 is 1.12 bits per heavy atom. The van der Waals surface area contributed by atoms with E-state index in [9.17, 15) is 0 Å². The largest absolute Gasteiger partial charge is 0.489 e. The average Bonchev–Trinajstić information content (AvgIpc) is 2.40. The average molecular weight is 232 g/mol. The van der Waals surface area contributed by atoms with E-state index in [0.717, 1.165) is 18.0 Å². The summed E-state index contributed by atoms with van der Waals surface area (Å²) in [4.78, 5) is 0. The second kappa shape index (κ2) is 4.57. The van der Waals surface area contributed by atoms with Crippen molar-refractivity contribution in [1.82, 2.24) is 0 Å². The smallest absolute Gasteiger partial charge is 0.144 e. The van der Waals surface area contributed by atoms with Gasteiger partial charge in [-0.3, -0.25) is 0 Å². The highest BCUT2D eigenvalue weighted by Gasteiger charge is 2.32. The van der Waals surface area contributed by atoms with E-state index in [1.807, 2.05) is 29.3 Å². The lowest BCUT2D eigenvalue weighted by Gasteiger charge is -2.40. The lowest BCUT2D eigenvalue weighted by Crippen LogP contribution is -2.52. The number of benzene rings is 1. The molecule has 3 nitrogen and oxygen atoms in total. The fourth-order valence-electron chi connectivity index (χ4n) is 3.11. The van der Waals surface area contributed by atoms with Crippen LogP contribution in [0.2, 0.25) is 0 Å². The molecule has 0 saturated heterocycles. The molecule has 1 atom stereocenters. The minimum atomic E-state index is 0.352. The van der Waals surface area contributed by atoms with E-state index in [2.05, 4.69) is 0 Å². The molecule has 1 heterocycles. The molecule has 2 aliphatic rings. The second-order valence-corrected chi connectivity index (χ2v) is 5.15. The Morgan fingerprint density at radius 2 is 1.88 bits per heavy atom. The van der Waals surface area contributed by atoms with Gasteiger partial charge in [-0.2, -0.15) is 0 Å². The molecule has 1 aliphatic carbocycles. The maximum absolute atomic E-state index is 6.27. The monoisotopic (exact) mass is 232 g/mol. The quantitative estimate of drug-likeness (QED) is 0.757. The van der Waals surface area contributed by atoms with Gasteiger partial charge in [-0.25, -0.2) is 5.84 Å². The molecule has 0 radical (unpaired) electrons. The number of nitrogens with two attached hydrogens (primary N) is 1. The number of para-hydroxylation sites is 2.